The molecular weight excluding hydrogens is 300 g/mol. The Morgan fingerprint density at radius 3 is 2.64 bits per heavy atom. The minimum Gasteiger partial charge on any atom is -0.506 e. The fourth-order valence-corrected chi connectivity index (χ4v) is 2.37. The summed E-state index contributed by atoms with van der Waals surface area (Å²) in [7, 11) is 0. The molecule has 0 saturated heterocycles. The molecule has 0 spiro atoms. The number of halogens is 1. The molecule has 0 fully saturated rings. The molecule has 0 saturated carbocycles. The zero-order valence-electron chi connectivity index (χ0n) is 11.4. The Hall–Kier alpha value is -2.84. The molecule has 0 aliphatic rings. The maximum absolute atomic E-state index is 9.51. The van der Waals surface area contributed by atoms with Crippen LogP contribution in [0.3, 0.4) is 0 Å². The number of rotatable bonds is 3. The van der Waals surface area contributed by atoms with Gasteiger partial charge in [0, 0.05) is 0 Å². The zero-order valence-corrected chi connectivity index (χ0v) is 12.2. The molecule has 108 valence electrons. The van der Waals surface area contributed by atoms with Gasteiger partial charge in [-0.25, -0.2) is 9.67 Å². The first-order valence-electron chi connectivity index (χ1n) is 6.51. The smallest absolute Gasteiger partial charge is 0.137 e. The molecule has 0 atom stereocenters. The summed E-state index contributed by atoms with van der Waals surface area (Å²) >= 11 is 5.95. The third-order valence-corrected chi connectivity index (χ3v) is 3.61. The van der Waals surface area contributed by atoms with Gasteiger partial charge in [0.15, 0.2) is 0 Å². The molecule has 3 aromatic rings. The summed E-state index contributed by atoms with van der Waals surface area (Å²) in [5.41, 5.74) is 3.21. The molecule has 3 rings (SSSR count). The molecule has 0 unspecified atom stereocenters. The first-order valence-corrected chi connectivity index (χ1v) is 6.89. The second kappa shape index (κ2) is 5.88. The van der Waals surface area contributed by atoms with Gasteiger partial charge in [-0.15, -0.1) is 0 Å². The molecule has 1 N–H and O–H groups in total. The average Bonchev–Trinajstić information content (AvgIpc) is 3.03. The van der Waals surface area contributed by atoms with E-state index in [9.17, 15) is 10.4 Å². The SMILES string of the molecule is N#Cc1ccc(-c2ccc(O)c(Cl)c2)cc1Cn1cncn1. The van der Waals surface area contributed by atoms with E-state index in [1.54, 1.807) is 35.3 Å². The number of nitrogens with zero attached hydrogens (tertiary/aromatic N) is 4. The van der Waals surface area contributed by atoms with Gasteiger partial charge < -0.3 is 5.11 Å². The Balaban J connectivity index is 2.03. The topological polar surface area (TPSA) is 74.7 Å². The summed E-state index contributed by atoms with van der Waals surface area (Å²) in [5, 5.41) is 23.1. The van der Waals surface area contributed by atoms with E-state index in [2.05, 4.69) is 16.2 Å². The summed E-state index contributed by atoms with van der Waals surface area (Å²) in [6.45, 7) is 0.461. The Morgan fingerprint density at radius 1 is 1.18 bits per heavy atom. The van der Waals surface area contributed by atoms with Crippen LogP contribution in [0.5, 0.6) is 5.75 Å². The Kier molecular flexibility index (Phi) is 3.77. The summed E-state index contributed by atoms with van der Waals surface area (Å²) in [4.78, 5) is 3.90. The van der Waals surface area contributed by atoms with Crippen molar-refractivity contribution in [1.82, 2.24) is 14.8 Å². The summed E-state index contributed by atoms with van der Waals surface area (Å²) in [5.74, 6) is 0.0434. The highest BCUT2D eigenvalue weighted by atomic mass is 35.5. The number of aromatic nitrogens is 3. The Bertz CT molecular complexity index is 853. The molecule has 5 nitrogen and oxygen atoms in total. The van der Waals surface area contributed by atoms with Gasteiger partial charge in [0.1, 0.15) is 18.4 Å². The van der Waals surface area contributed by atoms with Crippen LogP contribution in [-0.4, -0.2) is 19.9 Å². The van der Waals surface area contributed by atoms with E-state index in [4.69, 9.17) is 11.6 Å². The Morgan fingerprint density at radius 2 is 1.95 bits per heavy atom. The van der Waals surface area contributed by atoms with Gasteiger partial charge in [0.25, 0.3) is 0 Å². The van der Waals surface area contributed by atoms with Gasteiger partial charge in [0.2, 0.25) is 0 Å². The predicted octanol–water partition coefficient (Wildman–Crippen LogP) is 3.22. The summed E-state index contributed by atoms with van der Waals surface area (Å²) in [6, 6.07) is 12.7. The van der Waals surface area contributed by atoms with Gasteiger partial charge >= 0.3 is 0 Å². The van der Waals surface area contributed by atoms with Crippen LogP contribution >= 0.6 is 11.6 Å². The molecule has 1 heterocycles. The van der Waals surface area contributed by atoms with Gasteiger partial charge in [-0.1, -0.05) is 23.7 Å². The molecule has 1 aromatic heterocycles. The second-order valence-corrected chi connectivity index (χ2v) is 5.15. The number of hydrogen-bond donors (Lipinski definition) is 1. The van der Waals surface area contributed by atoms with E-state index < -0.39 is 0 Å². The highest BCUT2D eigenvalue weighted by Gasteiger charge is 2.08. The van der Waals surface area contributed by atoms with Crippen molar-refractivity contribution in [2.45, 2.75) is 6.54 Å². The third-order valence-electron chi connectivity index (χ3n) is 3.31. The lowest BCUT2D eigenvalue weighted by molar-refractivity contribution is 0.475. The van der Waals surface area contributed by atoms with Crippen molar-refractivity contribution in [1.29, 1.82) is 5.26 Å². The number of aromatic hydroxyl groups is 1. The standard InChI is InChI=1S/C16H11ClN4O/c17-15-6-12(3-4-16(15)22)11-1-2-13(7-18)14(5-11)8-21-10-19-9-20-21/h1-6,9-10,22H,8H2. The highest BCUT2D eigenvalue weighted by molar-refractivity contribution is 6.32. The van der Waals surface area contributed by atoms with Crippen LogP contribution in [0.4, 0.5) is 0 Å². The molecule has 0 radical (unpaired) electrons. The molecular formula is C16H11ClN4O. The van der Waals surface area contributed by atoms with Gasteiger partial charge in [-0.05, 0) is 41.0 Å². The number of phenolic OH excluding ortho intramolecular Hbond substituents is 1. The van der Waals surface area contributed by atoms with Crippen molar-refractivity contribution in [2.75, 3.05) is 0 Å². The molecule has 0 amide bonds. The largest absolute Gasteiger partial charge is 0.506 e. The first kappa shape index (κ1) is 14.1. The van der Waals surface area contributed by atoms with Gasteiger partial charge in [-0.3, -0.25) is 0 Å². The zero-order chi connectivity index (χ0) is 15.5. The van der Waals surface area contributed by atoms with E-state index >= 15 is 0 Å². The number of phenols is 1. The van der Waals surface area contributed by atoms with Gasteiger partial charge in [0.05, 0.1) is 23.2 Å². The van der Waals surface area contributed by atoms with Crippen LogP contribution in [0, 0.1) is 11.3 Å². The maximum Gasteiger partial charge on any atom is 0.137 e. The highest BCUT2D eigenvalue weighted by Crippen LogP contribution is 2.30. The van der Waals surface area contributed by atoms with Crippen molar-refractivity contribution in [3.05, 3.63) is 65.2 Å². The van der Waals surface area contributed by atoms with Gasteiger partial charge in [-0.2, -0.15) is 10.4 Å². The summed E-state index contributed by atoms with van der Waals surface area (Å²) in [6.07, 6.45) is 3.06. The molecule has 0 aliphatic carbocycles. The van der Waals surface area contributed by atoms with Crippen LogP contribution in [-0.2, 0) is 6.54 Å². The molecule has 2 aromatic carbocycles. The van der Waals surface area contributed by atoms with Crippen LogP contribution in [0.2, 0.25) is 5.02 Å². The van der Waals surface area contributed by atoms with E-state index in [1.807, 2.05) is 12.1 Å². The molecule has 22 heavy (non-hydrogen) atoms. The minimum atomic E-state index is 0.0434. The molecule has 6 heteroatoms. The summed E-state index contributed by atoms with van der Waals surface area (Å²) < 4.78 is 1.66. The normalized spacial score (nSPS) is 10.4. The van der Waals surface area contributed by atoms with E-state index in [0.717, 1.165) is 16.7 Å². The maximum atomic E-state index is 9.51. The second-order valence-electron chi connectivity index (χ2n) is 4.74. The fourth-order valence-electron chi connectivity index (χ4n) is 2.19. The van der Waals surface area contributed by atoms with Crippen molar-refractivity contribution < 1.29 is 5.11 Å². The average molecular weight is 311 g/mol. The minimum absolute atomic E-state index is 0.0434. The van der Waals surface area contributed by atoms with Crippen molar-refractivity contribution in [3.63, 3.8) is 0 Å². The van der Waals surface area contributed by atoms with Crippen LogP contribution in [0.15, 0.2) is 49.1 Å². The van der Waals surface area contributed by atoms with E-state index in [0.29, 0.717) is 17.1 Å². The van der Waals surface area contributed by atoms with Crippen molar-refractivity contribution >= 4 is 11.6 Å². The predicted molar refractivity (Wildman–Crippen MR) is 82.4 cm³/mol. The number of hydrogen-bond acceptors (Lipinski definition) is 4. The molecule has 0 bridgehead atoms. The van der Waals surface area contributed by atoms with E-state index in [-0.39, 0.29) is 5.75 Å². The fraction of sp³-hybridized carbons (Fsp3) is 0.0625. The quantitative estimate of drug-likeness (QED) is 0.806. The Labute approximate surface area is 132 Å². The van der Waals surface area contributed by atoms with Crippen molar-refractivity contribution in [2.24, 2.45) is 0 Å². The first-order chi connectivity index (χ1) is 10.7. The lowest BCUT2D eigenvalue weighted by Gasteiger charge is -2.09. The van der Waals surface area contributed by atoms with E-state index in [1.165, 1.54) is 6.33 Å². The monoisotopic (exact) mass is 310 g/mol. The molecule has 0 aliphatic heterocycles. The van der Waals surface area contributed by atoms with Crippen LogP contribution in [0.1, 0.15) is 11.1 Å². The van der Waals surface area contributed by atoms with Crippen molar-refractivity contribution in [3.8, 4) is 22.9 Å². The number of benzene rings is 2. The van der Waals surface area contributed by atoms with Crippen LogP contribution in [0.25, 0.3) is 11.1 Å². The lowest BCUT2D eigenvalue weighted by Crippen LogP contribution is -2.02. The number of nitriles is 1. The van der Waals surface area contributed by atoms with Crippen LogP contribution < -0.4 is 0 Å². The third kappa shape index (κ3) is 2.78. The lowest BCUT2D eigenvalue weighted by atomic mass is 9.99.